The van der Waals surface area contributed by atoms with Gasteiger partial charge in [0.05, 0.1) is 5.02 Å². The molecule has 0 aromatic carbocycles. The van der Waals surface area contributed by atoms with Crippen LogP contribution in [0.15, 0.2) is 12.3 Å². The van der Waals surface area contributed by atoms with Crippen molar-refractivity contribution in [3.8, 4) is 0 Å². The first-order valence-corrected chi connectivity index (χ1v) is 6.65. The summed E-state index contributed by atoms with van der Waals surface area (Å²) in [4.78, 5) is 8.29. The number of halogens is 2. The van der Waals surface area contributed by atoms with Gasteiger partial charge in [0.15, 0.2) is 11.6 Å². The van der Waals surface area contributed by atoms with Crippen LogP contribution in [0.1, 0.15) is 12.8 Å². The molecule has 18 heavy (non-hydrogen) atoms. The van der Waals surface area contributed by atoms with Crippen molar-refractivity contribution in [2.45, 2.75) is 12.8 Å². The van der Waals surface area contributed by atoms with E-state index in [1.807, 2.05) is 11.9 Å². The molecule has 0 unspecified atom stereocenters. The number of anilines is 1. The second-order valence-electron chi connectivity index (χ2n) is 5.09. The van der Waals surface area contributed by atoms with Gasteiger partial charge in [-0.3, -0.25) is 0 Å². The number of hydrogen-bond donors (Lipinski definition) is 0. The summed E-state index contributed by atoms with van der Waals surface area (Å²) in [6.07, 6.45) is 3.82. The van der Waals surface area contributed by atoms with Crippen LogP contribution >= 0.6 is 11.6 Å². The quantitative estimate of drug-likeness (QED) is 0.843. The first kappa shape index (κ1) is 13.6. The predicted octanol–water partition coefficient (Wildman–Crippen LogP) is 2.65. The van der Waals surface area contributed by atoms with Crippen molar-refractivity contribution in [2.24, 2.45) is 5.92 Å². The summed E-state index contributed by atoms with van der Waals surface area (Å²) in [6.45, 7) is 3.09. The molecule has 5 heteroatoms. The first-order chi connectivity index (χ1) is 8.56. The zero-order valence-corrected chi connectivity index (χ0v) is 11.6. The molecular formula is C13H19ClFN3. The highest BCUT2D eigenvalue weighted by Gasteiger charge is 2.20. The molecule has 0 amide bonds. The summed E-state index contributed by atoms with van der Waals surface area (Å²) < 4.78 is 13.7. The molecule has 1 aromatic rings. The fourth-order valence-electron chi connectivity index (χ4n) is 2.41. The predicted molar refractivity (Wildman–Crippen MR) is 72.7 cm³/mol. The fraction of sp³-hybridized carbons (Fsp3) is 0.615. The SMILES string of the molecule is CN1CCC(CN(C)c2ncc(Cl)cc2F)CC1. The monoisotopic (exact) mass is 271 g/mol. The second kappa shape index (κ2) is 5.85. The maximum absolute atomic E-state index is 13.7. The van der Waals surface area contributed by atoms with E-state index in [2.05, 4.69) is 16.9 Å². The number of piperidine rings is 1. The lowest BCUT2D eigenvalue weighted by molar-refractivity contribution is 0.222. The number of hydrogen-bond acceptors (Lipinski definition) is 3. The molecular weight excluding hydrogens is 253 g/mol. The number of pyridine rings is 1. The lowest BCUT2D eigenvalue weighted by atomic mass is 9.97. The van der Waals surface area contributed by atoms with E-state index < -0.39 is 0 Å². The van der Waals surface area contributed by atoms with E-state index in [0.29, 0.717) is 16.8 Å². The molecule has 0 bridgehead atoms. The number of nitrogens with zero attached hydrogens (tertiary/aromatic N) is 3. The lowest BCUT2D eigenvalue weighted by Crippen LogP contribution is -2.36. The number of aromatic nitrogens is 1. The largest absolute Gasteiger partial charge is 0.357 e. The minimum atomic E-state index is -0.349. The van der Waals surface area contributed by atoms with Gasteiger partial charge in [-0.25, -0.2) is 9.37 Å². The zero-order valence-electron chi connectivity index (χ0n) is 10.9. The molecule has 100 valence electrons. The van der Waals surface area contributed by atoms with Gasteiger partial charge in [-0.15, -0.1) is 0 Å². The zero-order chi connectivity index (χ0) is 13.1. The Morgan fingerprint density at radius 1 is 1.50 bits per heavy atom. The van der Waals surface area contributed by atoms with Gasteiger partial charge in [-0.2, -0.15) is 0 Å². The van der Waals surface area contributed by atoms with Gasteiger partial charge in [-0.05, 0) is 45.0 Å². The number of likely N-dealkylation sites (tertiary alicyclic amines) is 1. The minimum absolute atomic E-state index is 0.337. The van der Waals surface area contributed by atoms with Crippen LogP contribution in [0.5, 0.6) is 0 Å². The van der Waals surface area contributed by atoms with Crippen molar-refractivity contribution in [3.63, 3.8) is 0 Å². The molecule has 0 radical (unpaired) electrons. The van der Waals surface area contributed by atoms with Crippen molar-refractivity contribution in [3.05, 3.63) is 23.1 Å². The summed E-state index contributed by atoms with van der Waals surface area (Å²) in [5.41, 5.74) is 0. The summed E-state index contributed by atoms with van der Waals surface area (Å²) in [6, 6.07) is 1.31. The van der Waals surface area contributed by atoms with Crippen molar-refractivity contribution in [1.29, 1.82) is 0 Å². The molecule has 1 aromatic heterocycles. The highest BCUT2D eigenvalue weighted by Crippen LogP contribution is 2.22. The van der Waals surface area contributed by atoms with Crippen LogP contribution in [-0.4, -0.2) is 43.6 Å². The van der Waals surface area contributed by atoms with Crippen LogP contribution in [0.25, 0.3) is 0 Å². The van der Waals surface area contributed by atoms with E-state index in [1.54, 1.807) is 0 Å². The molecule has 0 saturated carbocycles. The summed E-state index contributed by atoms with van der Waals surface area (Å²) in [7, 11) is 4.03. The van der Waals surface area contributed by atoms with E-state index >= 15 is 0 Å². The normalized spacial score (nSPS) is 18.0. The summed E-state index contributed by atoms with van der Waals surface area (Å²) in [5.74, 6) is 0.652. The van der Waals surface area contributed by atoms with E-state index in [9.17, 15) is 4.39 Å². The molecule has 0 aliphatic carbocycles. The number of rotatable bonds is 3. The van der Waals surface area contributed by atoms with Crippen molar-refractivity contribution in [1.82, 2.24) is 9.88 Å². The molecule has 1 aliphatic heterocycles. The minimum Gasteiger partial charge on any atom is -0.357 e. The summed E-state index contributed by atoms with van der Waals surface area (Å²) >= 11 is 5.70. The smallest absolute Gasteiger partial charge is 0.167 e. The van der Waals surface area contributed by atoms with Crippen molar-refractivity contribution < 1.29 is 4.39 Å². The van der Waals surface area contributed by atoms with Crippen LogP contribution in [0, 0.1) is 11.7 Å². The van der Waals surface area contributed by atoms with E-state index in [0.717, 1.165) is 32.5 Å². The standard InChI is InChI=1S/C13H19ClFN3/c1-17-5-3-10(4-6-17)9-18(2)13-12(15)7-11(14)8-16-13/h7-8,10H,3-6,9H2,1-2H3. The summed E-state index contributed by atoms with van der Waals surface area (Å²) in [5, 5.41) is 0.337. The van der Waals surface area contributed by atoms with Gasteiger partial charge in [0.2, 0.25) is 0 Å². The van der Waals surface area contributed by atoms with Gasteiger partial charge in [-0.1, -0.05) is 11.6 Å². The molecule has 1 saturated heterocycles. The Balaban J connectivity index is 1.97. The van der Waals surface area contributed by atoms with Gasteiger partial charge in [0.25, 0.3) is 0 Å². The maximum Gasteiger partial charge on any atom is 0.167 e. The molecule has 0 atom stereocenters. The van der Waals surface area contributed by atoms with Crippen LogP contribution in [-0.2, 0) is 0 Å². The Hall–Kier alpha value is -0.870. The third-order valence-corrected chi connectivity index (χ3v) is 3.73. The van der Waals surface area contributed by atoms with E-state index in [1.165, 1.54) is 12.3 Å². The molecule has 0 spiro atoms. The first-order valence-electron chi connectivity index (χ1n) is 6.27. The van der Waals surface area contributed by atoms with Gasteiger partial charge in [0.1, 0.15) is 0 Å². The van der Waals surface area contributed by atoms with Crippen LogP contribution in [0.4, 0.5) is 10.2 Å². The molecule has 3 nitrogen and oxygen atoms in total. The Kier molecular flexibility index (Phi) is 4.40. The lowest BCUT2D eigenvalue weighted by Gasteiger charge is -2.32. The highest BCUT2D eigenvalue weighted by molar-refractivity contribution is 6.30. The fourth-order valence-corrected chi connectivity index (χ4v) is 2.55. The van der Waals surface area contributed by atoms with Crippen LogP contribution in [0.3, 0.4) is 0 Å². The Labute approximate surface area is 113 Å². The Morgan fingerprint density at radius 3 is 2.78 bits per heavy atom. The van der Waals surface area contributed by atoms with Gasteiger partial charge >= 0.3 is 0 Å². The Morgan fingerprint density at radius 2 is 2.17 bits per heavy atom. The molecule has 1 aliphatic rings. The topological polar surface area (TPSA) is 19.4 Å². The third kappa shape index (κ3) is 3.33. The van der Waals surface area contributed by atoms with Crippen molar-refractivity contribution >= 4 is 17.4 Å². The Bertz CT molecular complexity index is 405. The maximum atomic E-state index is 13.7. The van der Waals surface area contributed by atoms with E-state index in [-0.39, 0.29) is 5.82 Å². The highest BCUT2D eigenvalue weighted by atomic mass is 35.5. The third-order valence-electron chi connectivity index (χ3n) is 3.52. The average Bonchev–Trinajstić information content (AvgIpc) is 2.32. The molecule has 1 fully saturated rings. The molecule has 2 rings (SSSR count). The molecule has 0 N–H and O–H groups in total. The van der Waals surface area contributed by atoms with Gasteiger partial charge < -0.3 is 9.80 Å². The van der Waals surface area contributed by atoms with Crippen molar-refractivity contribution in [2.75, 3.05) is 38.6 Å². The van der Waals surface area contributed by atoms with Crippen LogP contribution < -0.4 is 4.90 Å². The average molecular weight is 272 g/mol. The van der Waals surface area contributed by atoms with E-state index in [4.69, 9.17) is 11.6 Å². The second-order valence-corrected chi connectivity index (χ2v) is 5.52. The molecule has 2 heterocycles. The van der Waals surface area contributed by atoms with Gasteiger partial charge in [0, 0.05) is 19.8 Å². The van der Waals surface area contributed by atoms with Crippen LogP contribution in [0.2, 0.25) is 5.02 Å².